The predicted molar refractivity (Wildman–Crippen MR) is 93.5 cm³/mol. The van der Waals surface area contributed by atoms with E-state index in [1.165, 1.54) is 31.3 Å². The molecule has 1 heterocycles. The van der Waals surface area contributed by atoms with Crippen LogP contribution in [0.15, 0.2) is 46.9 Å². The van der Waals surface area contributed by atoms with E-state index >= 15 is 0 Å². The van der Waals surface area contributed by atoms with Crippen LogP contribution in [0.2, 0.25) is 0 Å². The molecular formula is C18H16FNO4S. The Morgan fingerprint density at radius 3 is 2.44 bits per heavy atom. The van der Waals surface area contributed by atoms with Crippen LogP contribution in [0.5, 0.6) is 0 Å². The van der Waals surface area contributed by atoms with Gasteiger partial charge in [0.05, 0.1) is 11.3 Å². The van der Waals surface area contributed by atoms with Gasteiger partial charge in [-0.1, -0.05) is 6.07 Å². The number of sulfone groups is 1. The Bertz CT molecular complexity index is 1050. The highest BCUT2D eigenvalue weighted by atomic mass is 32.2. The molecule has 3 aromatic rings. The van der Waals surface area contributed by atoms with Crippen LogP contribution in [0, 0.1) is 5.82 Å². The zero-order chi connectivity index (χ0) is 18.2. The molecular weight excluding hydrogens is 345 g/mol. The van der Waals surface area contributed by atoms with Crippen molar-refractivity contribution in [3.05, 3.63) is 59.4 Å². The van der Waals surface area contributed by atoms with E-state index in [0.717, 1.165) is 6.26 Å². The molecule has 1 aromatic heterocycles. The minimum absolute atomic E-state index is 0.120. The molecule has 25 heavy (non-hydrogen) atoms. The van der Waals surface area contributed by atoms with Gasteiger partial charge in [0, 0.05) is 24.3 Å². The molecule has 0 fully saturated rings. The number of benzene rings is 2. The quantitative estimate of drug-likeness (QED) is 0.774. The molecule has 1 amide bonds. The Balaban J connectivity index is 2.21. The van der Waals surface area contributed by atoms with Gasteiger partial charge < -0.3 is 9.73 Å². The number of halogens is 1. The predicted octanol–water partition coefficient (Wildman–Crippen LogP) is 3.14. The molecule has 130 valence electrons. The standard InChI is InChI=1S/C18H16FNO4S/c1-20-18(21)16-14-8-3-11(10-25(2,22)23)9-15(14)24-17(16)12-4-6-13(19)7-5-12/h3-9H,10H2,1-2H3,(H,20,21). The second-order valence-corrected chi connectivity index (χ2v) is 7.93. The highest BCUT2D eigenvalue weighted by molar-refractivity contribution is 7.89. The second-order valence-electron chi connectivity index (χ2n) is 5.79. The zero-order valence-corrected chi connectivity index (χ0v) is 14.5. The molecule has 0 unspecified atom stereocenters. The van der Waals surface area contributed by atoms with Gasteiger partial charge in [0.15, 0.2) is 9.84 Å². The van der Waals surface area contributed by atoms with Gasteiger partial charge >= 0.3 is 0 Å². The average Bonchev–Trinajstić information content (AvgIpc) is 2.91. The van der Waals surface area contributed by atoms with Crippen LogP contribution in [-0.2, 0) is 15.6 Å². The Labute approximate surface area is 144 Å². The number of furan rings is 1. The fourth-order valence-electron chi connectivity index (χ4n) is 2.69. The van der Waals surface area contributed by atoms with E-state index in [2.05, 4.69) is 5.32 Å². The largest absolute Gasteiger partial charge is 0.455 e. The lowest BCUT2D eigenvalue weighted by atomic mass is 10.0. The molecule has 0 saturated heterocycles. The van der Waals surface area contributed by atoms with Crippen molar-refractivity contribution in [2.75, 3.05) is 13.3 Å². The first-order chi connectivity index (χ1) is 11.8. The van der Waals surface area contributed by atoms with Gasteiger partial charge in [-0.2, -0.15) is 0 Å². The van der Waals surface area contributed by atoms with E-state index in [1.807, 2.05) is 0 Å². The van der Waals surface area contributed by atoms with Crippen molar-refractivity contribution >= 4 is 26.7 Å². The van der Waals surface area contributed by atoms with Crippen LogP contribution in [0.25, 0.3) is 22.3 Å². The summed E-state index contributed by atoms with van der Waals surface area (Å²) in [5.74, 6) is -0.540. The Morgan fingerprint density at radius 1 is 1.16 bits per heavy atom. The Kier molecular flexibility index (Phi) is 4.34. The van der Waals surface area contributed by atoms with E-state index in [0.29, 0.717) is 33.4 Å². The molecule has 0 spiro atoms. The van der Waals surface area contributed by atoms with E-state index < -0.39 is 15.7 Å². The number of carbonyl (C=O) groups is 1. The summed E-state index contributed by atoms with van der Waals surface area (Å²) in [4.78, 5) is 12.3. The molecule has 0 aliphatic carbocycles. The first-order valence-electron chi connectivity index (χ1n) is 7.49. The van der Waals surface area contributed by atoms with E-state index in [4.69, 9.17) is 4.42 Å². The van der Waals surface area contributed by atoms with Gasteiger partial charge in [0.25, 0.3) is 5.91 Å². The molecule has 0 saturated carbocycles. The van der Waals surface area contributed by atoms with Crippen molar-refractivity contribution in [3.63, 3.8) is 0 Å². The summed E-state index contributed by atoms with van der Waals surface area (Å²) in [5, 5.41) is 3.13. The average molecular weight is 361 g/mol. The number of rotatable bonds is 4. The van der Waals surface area contributed by atoms with Crippen molar-refractivity contribution in [2.45, 2.75) is 5.75 Å². The van der Waals surface area contributed by atoms with Crippen molar-refractivity contribution in [2.24, 2.45) is 0 Å². The van der Waals surface area contributed by atoms with Gasteiger partial charge in [0.1, 0.15) is 17.2 Å². The molecule has 7 heteroatoms. The van der Waals surface area contributed by atoms with Crippen molar-refractivity contribution in [3.8, 4) is 11.3 Å². The lowest BCUT2D eigenvalue weighted by Crippen LogP contribution is -2.18. The lowest BCUT2D eigenvalue weighted by molar-refractivity contribution is 0.0964. The second kappa shape index (κ2) is 6.33. The summed E-state index contributed by atoms with van der Waals surface area (Å²) in [6.07, 6.45) is 1.15. The van der Waals surface area contributed by atoms with Crippen LogP contribution in [-0.4, -0.2) is 27.6 Å². The third-order valence-corrected chi connectivity index (χ3v) is 4.60. The molecule has 3 rings (SSSR count). The van der Waals surface area contributed by atoms with Crippen molar-refractivity contribution in [1.82, 2.24) is 5.32 Å². The number of hydrogen-bond acceptors (Lipinski definition) is 4. The monoisotopic (exact) mass is 361 g/mol. The SMILES string of the molecule is CNC(=O)c1c(-c2ccc(F)cc2)oc2cc(CS(C)(=O)=O)ccc12. The number of fused-ring (bicyclic) bond motifs is 1. The maximum Gasteiger partial charge on any atom is 0.255 e. The fourth-order valence-corrected chi connectivity index (χ4v) is 3.47. The van der Waals surface area contributed by atoms with Crippen molar-refractivity contribution in [1.29, 1.82) is 0 Å². The number of nitrogens with one attached hydrogen (secondary N) is 1. The van der Waals surface area contributed by atoms with Crippen LogP contribution in [0.4, 0.5) is 4.39 Å². The minimum Gasteiger partial charge on any atom is -0.455 e. The summed E-state index contributed by atoms with van der Waals surface area (Å²) in [7, 11) is -1.68. The normalized spacial score (nSPS) is 11.6. The number of amides is 1. The molecule has 0 bridgehead atoms. The minimum atomic E-state index is -3.19. The Morgan fingerprint density at radius 2 is 1.84 bits per heavy atom. The maximum absolute atomic E-state index is 13.2. The number of hydrogen-bond donors (Lipinski definition) is 1. The van der Waals surface area contributed by atoms with Crippen molar-refractivity contribution < 1.29 is 22.0 Å². The third-order valence-electron chi connectivity index (χ3n) is 3.74. The van der Waals surface area contributed by atoms with Crippen LogP contribution >= 0.6 is 0 Å². The molecule has 2 aromatic carbocycles. The first-order valence-corrected chi connectivity index (χ1v) is 9.56. The zero-order valence-electron chi connectivity index (χ0n) is 13.7. The Hall–Kier alpha value is -2.67. The molecule has 0 aliphatic heterocycles. The molecule has 5 nitrogen and oxygen atoms in total. The summed E-state index contributed by atoms with van der Waals surface area (Å²) in [6.45, 7) is 0. The third kappa shape index (κ3) is 3.56. The highest BCUT2D eigenvalue weighted by Crippen LogP contribution is 2.34. The van der Waals surface area contributed by atoms with E-state index in [-0.39, 0.29) is 11.7 Å². The van der Waals surface area contributed by atoms with Gasteiger partial charge in [0.2, 0.25) is 0 Å². The summed E-state index contributed by atoms with van der Waals surface area (Å²) in [6, 6.07) is 10.5. The van der Waals surface area contributed by atoms with Crippen LogP contribution < -0.4 is 5.32 Å². The topological polar surface area (TPSA) is 76.4 Å². The lowest BCUT2D eigenvalue weighted by Gasteiger charge is -2.02. The van der Waals surface area contributed by atoms with Gasteiger partial charge in [-0.15, -0.1) is 0 Å². The summed E-state index contributed by atoms with van der Waals surface area (Å²) >= 11 is 0. The van der Waals surface area contributed by atoms with E-state index in [1.54, 1.807) is 18.2 Å². The molecule has 0 radical (unpaired) electrons. The first kappa shape index (κ1) is 17.2. The highest BCUT2D eigenvalue weighted by Gasteiger charge is 2.22. The molecule has 0 aliphatic rings. The maximum atomic E-state index is 13.2. The van der Waals surface area contributed by atoms with Crippen LogP contribution in [0.1, 0.15) is 15.9 Å². The van der Waals surface area contributed by atoms with Crippen LogP contribution in [0.3, 0.4) is 0 Å². The number of carbonyl (C=O) groups excluding carboxylic acids is 1. The summed E-state index contributed by atoms with van der Waals surface area (Å²) < 4.78 is 42.0. The van der Waals surface area contributed by atoms with Gasteiger partial charge in [-0.3, -0.25) is 4.79 Å². The van der Waals surface area contributed by atoms with Gasteiger partial charge in [-0.25, -0.2) is 12.8 Å². The summed E-state index contributed by atoms with van der Waals surface area (Å²) in [5.41, 5.74) is 1.85. The van der Waals surface area contributed by atoms with Gasteiger partial charge in [-0.05, 0) is 42.0 Å². The fraction of sp³-hybridized carbons (Fsp3) is 0.167. The smallest absolute Gasteiger partial charge is 0.255 e. The molecule has 1 N–H and O–H groups in total. The van der Waals surface area contributed by atoms with E-state index in [9.17, 15) is 17.6 Å². The molecule has 0 atom stereocenters.